The number of nitrogens with one attached hydrogen (secondary N) is 1. The molecule has 0 spiro atoms. The number of rotatable bonds is 7. The van der Waals surface area contributed by atoms with Gasteiger partial charge in [0.05, 0.1) is 13.0 Å². The molecule has 6 heteroatoms. The molecule has 0 radical (unpaired) electrons. The molecule has 0 fully saturated rings. The number of ether oxygens (including phenoxy) is 1. The standard InChI is InChI=1S/C22H23NO4S/c1-4-26-22(25)21-20(17-7-5-6-8-18(17)27-21)23-19(24)13-15-9-11-16(12-10-15)28-14(2)3/h5-12,14H,4,13H2,1-3H3,(H,23,24). The zero-order valence-corrected chi connectivity index (χ0v) is 17.0. The summed E-state index contributed by atoms with van der Waals surface area (Å²) in [4.78, 5) is 26.0. The molecule has 0 aliphatic carbocycles. The van der Waals surface area contributed by atoms with Gasteiger partial charge in [-0.3, -0.25) is 4.79 Å². The normalized spacial score (nSPS) is 11.0. The van der Waals surface area contributed by atoms with Gasteiger partial charge in [0.2, 0.25) is 11.7 Å². The van der Waals surface area contributed by atoms with Gasteiger partial charge >= 0.3 is 5.97 Å². The molecule has 28 heavy (non-hydrogen) atoms. The van der Waals surface area contributed by atoms with Crippen molar-refractivity contribution in [3.8, 4) is 0 Å². The minimum Gasteiger partial charge on any atom is -0.460 e. The van der Waals surface area contributed by atoms with E-state index in [9.17, 15) is 9.59 Å². The molecule has 146 valence electrons. The molecule has 0 aliphatic rings. The molecule has 0 atom stereocenters. The number of amides is 1. The maximum Gasteiger partial charge on any atom is 0.376 e. The van der Waals surface area contributed by atoms with Crippen LogP contribution in [0.5, 0.6) is 0 Å². The molecule has 0 unspecified atom stereocenters. The summed E-state index contributed by atoms with van der Waals surface area (Å²) in [5.41, 5.74) is 1.78. The molecule has 0 bridgehead atoms. The maximum absolute atomic E-state index is 12.6. The van der Waals surface area contributed by atoms with Gasteiger partial charge in [-0.2, -0.15) is 0 Å². The monoisotopic (exact) mass is 397 g/mol. The number of para-hydroxylation sites is 1. The Bertz CT molecular complexity index is 976. The fraction of sp³-hybridized carbons (Fsp3) is 0.273. The van der Waals surface area contributed by atoms with E-state index >= 15 is 0 Å². The largest absolute Gasteiger partial charge is 0.460 e. The molecule has 1 amide bonds. The quantitative estimate of drug-likeness (QED) is 0.433. The summed E-state index contributed by atoms with van der Waals surface area (Å²) in [6.45, 7) is 6.23. The van der Waals surface area contributed by atoms with Crippen LogP contribution < -0.4 is 5.32 Å². The first kappa shape index (κ1) is 20.0. The van der Waals surface area contributed by atoms with E-state index in [-0.39, 0.29) is 24.7 Å². The number of carbonyl (C=O) groups is 2. The highest BCUT2D eigenvalue weighted by Gasteiger charge is 2.23. The lowest BCUT2D eigenvalue weighted by molar-refractivity contribution is -0.115. The van der Waals surface area contributed by atoms with Crippen LogP contribution in [0.2, 0.25) is 0 Å². The summed E-state index contributed by atoms with van der Waals surface area (Å²) in [7, 11) is 0. The summed E-state index contributed by atoms with van der Waals surface area (Å²) >= 11 is 1.78. The predicted molar refractivity (Wildman–Crippen MR) is 112 cm³/mol. The fourth-order valence-electron chi connectivity index (χ4n) is 2.84. The third-order valence-electron chi connectivity index (χ3n) is 3.98. The lowest BCUT2D eigenvalue weighted by atomic mass is 10.1. The van der Waals surface area contributed by atoms with E-state index in [1.165, 1.54) is 4.90 Å². The van der Waals surface area contributed by atoms with Crippen molar-refractivity contribution in [1.29, 1.82) is 0 Å². The molecule has 2 aromatic carbocycles. The SMILES string of the molecule is CCOC(=O)c1oc2ccccc2c1NC(=O)Cc1ccc(SC(C)C)cc1. The Labute approximate surface area is 168 Å². The predicted octanol–water partition coefficient (Wildman–Crippen LogP) is 5.29. The minimum atomic E-state index is -0.593. The van der Waals surface area contributed by atoms with Crippen LogP contribution in [-0.2, 0) is 16.0 Å². The second kappa shape index (κ2) is 8.97. The van der Waals surface area contributed by atoms with Crippen molar-refractivity contribution in [3.63, 3.8) is 0 Å². The number of benzene rings is 2. The van der Waals surface area contributed by atoms with Crippen molar-refractivity contribution in [2.75, 3.05) is 11.9 Å². The van der Waals surface area contributed by atoms with Gasteiger partial charge in [-0.25, -0.2) is 4.79 Å². The third kappa shape index (κ3) is 4.75. The summed E-state index contributed by atoms with van der Waals surface area (Å²) in [6, 6.07) is 15.1. The highest BCUT2D eigenvalue weighted by molar-refractivity contribution is 7.99. The van der Waals surface area contributed by atoms with Crippen LogP contribution in [0, 0.1) is 0 Å². The summed E-state index contributed by atoms with van der Waals surface area (Å²) < 4.78 is 10.7. The van der Waals surface area contributed by atoms with Gasteiger partial charge in [-0.1, -0.05) is 38.1 Å². The van der Waals surface area contributed by atoms with Crippen molar-refractivity contribution in [1.82, 2.24) is 0 Å². The van der Waals surface area contributed by atoms with Crippen LogP contribution in [0.3, 0.4) is 0 Å². The molecule has 5 nitrogen and oxygen atoms in total. The summed E-state index contributed by atoms with van der Waals surface area (Å²) in [5, 5.41) is 4.00. The topological polar surface area (TPSA) is 68.5 Å². The van der Waals surface area contributed by atoms with Crippen LogP contribution in [0.1, 0.15) is 36.9 Å². The van der Waals surface area contributed by atoms with Gasteiger partial charge in [0, 0.05) is 15.5 Å². The fourth-order valence-corrected chi connectivity index (χ4v) is 3.67. The Morgan fingerprint density at radius 1 is 1.11 bits per heavy atom. The van der Waals surface area contributed by atoms with Crippen LogP contribution in [0.15, 0.2) is 57.8 Å². The number of thioether (sulfide) groups is 1. The summed E-state index contributed by atoms with van der Waals surface area (Å²) in [6.07, 6.45) is 0.203. The van der Waals surface area contributed by atoms with Gasteiger partial charge in [0.15, 0.2) is 0 Å². The molecule has 3 aromatic rings. The van der Waals surface area contributed by atoms with E-state index in [0.717, 1.165) is 5.56 Å². The van der Waals surface area contributed by atoms with Crippen molar-refractivity contribution in [2.45, 2.75) is 37.3 Å². The highest BCUT2D eigenvalue weighted by atomic mass is 32.2. The van der Waals surface area contributed by atoms with Gasteiger partial charge in [-0.05, 0) is 36.8 Å². The van der Waals surface area contributed by atoms with E-state index in [1.54, 1.807) is 30.8 Å². The second-order valence-electron chi connectivity index (χ2n) is 6.56. The molecule has 3 rings (SSSR count). The zero-order valence-electron chi connectivity index (χ0n) is 16.2. The van der Waals surface area contributed by atoms with E-state index in [0.29, 0.717) is 21.9 Å². The number of esters is 1. The lowest BCUT2D eigenvalue weighted by Gasteiger charge is -2.08. The molecule has 0 aliphatic heterocycles. The number of furan rings is 1. The average molecular weight is 397 g/mol. The van der Waals surface area contributed by atoms with E-state index in [2.05, 4.69) is 19.2 Å². The number of hydrogen-bond donors (Lipinski definition) is 1. The Morgan fingerprint density at radius 2 is 1.82 bits per heavy atom. The lowest BCUT2D eigenvalue weighted by Crippen LogP contribution is -2.16. The van der Waals surface area contributed by atoms with Gasteiger partial charge in [0.25, 0.3) is 0 Å². The van der Waals surface area contributed by atoms with Crippen LogP contribution in [-0.4, -0.2) is 23.7 Å². The number of hydrogen-bond acceptors (Lipinski definition) is 5. The number of anilines is 1. The van der Waals surface area contributed by atoms with Crippen LogP contribution in [0.4, 0.5) is 5.69 Å². The molecule has 0 saturated heterocycles. The van der Waals surface area contributed by atoms with Gasteiger partial charge in [0.1, 0.15) is 11.3 Å². The van der Waals surface area contributed by atoms with E-state index in [1.807, 2.05) is 36.4 Å². The van der Waals surface area contributed by atoms with Gasteiger partial charge < -0.3 is 14.5 Å². The van der Waals surface area contributed by atoms with Crippen LogP contribution >= 0.6 is 11.8 Å². The Morgan fingerprint density at radius 3 is 2.50 bits per heavy atom. The van der Waals surface area contributed by atoms with Gasteiger partial charge in [-0.15, -0.1) is 11.8 Å². The van der Waals surface area contributed by atoms with E-state index in [4.69, 9.17) is 9.15 Å². The maximum atomic E-state index is 12.6. The average Bonchev–Trinajstić information content (AvgIpc) is 3.02. The highest BCUT2D eigenvalue weighted by Crippen LogP contribution is 2.31. The van der Waals surface area contributed by atoms with Crippen molar-refractivity contribution >= 4 is 40.3 Å². The molecule has 1 aromatic heterocycles. The first-order chi connectivity index (χ1) is 13.5. The van der Waals surface area contributed by atoms with Crippen LogP contribution in [0.25, 0.3) is 11.0 Å². The second-order valence-corrected chi connectivity index (χ2v) is 8.21. The molecule has 0 saturated carbocycles. The number of fused-ring (bicyclic) bond motifs is 1. The van der Waals surface area contributed by atoms with Crippen molar-refractivity contribution in [3.05, 3.63) is 59.9 Å². The Hall–Kier alpha value is -2.73. The first-order valence-corrected chi connectivity index (χ1v) is 10.1. The molecule has 1 heterocycles. The Balaban J connectivity index is 1.79. The molecule has 1 N–H and O–H groups in total. The minimum absolute atomic E-state index is 0.0140. The summed E-state index contributed by atoms with van der Waals surface area (Å²) in [5.74, 6) is -0.800. The third-order valence-corrected chi connectivity index (χ3v) is 5.00. The first-order valence-electron chi connectivity index (χ1n) is 9.22. The number of carbonyl (C=O) groups excluding carboxylic acids is 2. The molecular formula is C22H23NO4S. The van der Waals surface area contributed by atoms with Crippen molar-refractivity contribution in [2.24, 2.45) is 0 Å². The molecular weight excluding hydrogens is 374 g/mol. The zero-order chi connectivity index (χ0) is 20.1. The smallest absolute Gasteiger partial charge is 0.376 e. The van der Waals surface area contributed by atoms with E-state index < -0.39 is 5.97 Å². The van der Waals surface area contributed by atoms with Crippen molar-refractivity contribution < 1.29 is 18.7 Å². The Kier molecular flexibility index (Phi) is 6.41.